The number of benzene rings is 2. The summed E-state index contributed by atoms with van der Waals surface area (Å²) in [5, 5.41) is 3.57. The first-order valence-corrected chi connectivity index (χ1v) is 10.2. The average molecular weight is 448 g/mol. The van der Waals surface area contributed by atoms with Gasteiger partial charge in [0.2, 0.25) is 11.8 Å². The van der Waals surface area contributed by atoms with Crippen molar-refractivity contribution < 1.29 is 9.59 Å². The first kappa shape index (κ1) is 22.9. The summed E-state index contributed by atoms with van der Waals surface area (Å²) < 4.78 is 0. The summed E-state index contributed by atoms with van der Waals surface area (Å²) in [5.41, 5.74) is 7.31. The van der Waals surface area contributed by atoms with Gasteiger partial charge in [-0.15, -0.1) is 0 Å². The van der Waals surface area contributed by atoms with Crippen LogP contribution in [0.4, 0.5) is 0 Å². The fourth-order valence-corrected chi connectivity index (χ4v) is 3.23. The highest BCUT2D eigenvalue weighted by Crippen LogP contribution is 2.14. The molecule has 2 rings (SSSR count). The van der Waals surface area contributed by atoms with Crippen LogP contribution in [-0.4, -0.2) is 26.7 Å². The quantitative estimate of drug-likeness (QED) is 0.477. The third kappa shape index (κ3) is 6.59. The number of rotatable bonds is 8. The number of hydrogen-bond donors (Lipinski definition) is 2. The molecule has 0 aliphatic carbocycles. The standard InChI is InChI=1S/C21H22ClN3O2S2/c1-2-17(28)25(13-15-6-4-3-5-7-15)21(27)18(19(23)26)20(29)24-12-14-8-10-16(22)11-9-14/h3-11,18H,2,12-13H2,1H3,(H2,23,26)(H,24,29). The van der Waals surface area contributed by atoms with Gasteiger partial charge in [-0.2, -0.15) is 0 Å². The van der Waals surface area contributed by atoms with E-state index in [1.807, 2.05) is 49.4 Å². The van der Waals surface area contributed by atoms with Crippen LogP contribution in [0, 0.1) is 5.92 Å². The first-order chi connectivity index (χ1) is 13.8. The Bertz CT molecular complexity index is 889. The number of nitrogens with one attached hydrogen (secondary N) is 1. The lowest BCUT2D eigenvalue weighted by molar-refractivity contribution is -0.135. The van der Waals surface area contributed by atoms with E-state index < -0.39 is 17.7 Å². The van der Waals surface area contributed by atoms with Gasteiger partial charge in [-0.05, 0) is 29.7 Å². The summed E-state index contributed by atoms with van der Waals surface area (Å²) in [6.07, 6.45) is 0.477. The summed E-state index contributed by atoms with van der Waals surface area (Å²) in [4.78, 5) is 27.2. The number of halogens is 1. The maximum atomic E-state index is 13.2. The van der Waals surface area contributed by atoms with E-state index in [1.54, 1.807) is 12.1 Å². The molecule has 5 nitrogen and oxygen atoms in total. The lowest BCUT2D eigenvalue weighted by Gasteiger charge is -2.27. The number of hydrogen-bond acceptors (Lipinski definition) is 4. The van der Waals surface area contributed by atoms with Gasteiger partial charge in [-0.3, -0.25) is 9.59 Å². The summed E-state index contributed by atoms with van der Waals surface area (Å²) in [5.74, 6) is -2.65. The monoisotopic (exact) mass is 447 g/mol. The van der Waals surface area contributed by atoms with Crippen molar-refractivity contribution in [3.8, 4) is 0 Å². The van der Waals surface area contributed by atoms with Crippen LogP contribution in [0.3, 0.4) is 0 Å². The molecule has 0 radical (unpaired) electrons. The molecule has 1 atom stereocenters. The van der Waals surface area contributed by atoms with Gasteiger partial charge in [0.05, 0.1) is 16.5 Å². The van der Waals surface area contributed by atoms with Gasteiger partial charge in [-0.25, -0.2) is 0 Å². The van der Waals surface area contributed by atoms with Crippen molar-refractivity contribution in [1.82, 2.24) is 10.2 Å². The van der Waals surface area contributed by atoms with Crippen LogP contribution in [0.2, 0.25) is 5.02 Å². The molecule has 29 heavy (non-hydrogen) atoms. The Kier molecular flexibility index (Phi) is 8.70. The average Bonchev–Trinajstić information content (AvgIpc) is 2.71. The molecule has 2 aromatic carbocycles. The molecule has 0 fully saturated rings. The summed E-state index contributed by atoms with van der Waals surface area (Å²) in [7, 11) is 0. The lowest BCUT2D eigenvalue weighted by Crippen LogP contribution is -2.49. The molecular weight excluding hydrogens is 426 g/mol. The van der Waals surface area contributed by atoms with Gasteiger partial charge in [0, 0.05) is 11.6 Å². The van der Waals surface area contributed by atoms with Crippen molar-refractivity contribution in [3.05, 3.63) is 70.7 Å². The number of nitrogens with zero attached hydrogens (tertiary/aromatic N) is 1. The lowest BCUT2D eigenvalue weighted by atomic mass is 10.1. The van der Waals surface area contributed by atoms with Crippen LogP contribution in [0.5, 0.6) is 0 Å². The number of primary amides is 1. The molecule has 0 heterocycles. The third-order valence-corrected chi connectivity index (χ3v) is 5.37. The van der Waals surface area contributed by atoms with E-state index in [1.165, 1.54) is 4.90 Å². The van der Waals surface area contributed by atoms with Crippen LogP contribution < -0.4 is 11.1 Å². The SMILES string of the molecule is CCC(=S)N(Cc1ccccc1)C(=O)C(C(N)=O)C(=S)NCc1ccc(Cl)cc1. The van der Waals surface area contributed by atoms with Crippen LogP contribution in [0.1, 0.15) is 24.5 Å². The second kappa shape index (κ2) is 11.0. The molecule has 0 aliphatic heterocycles. The van der Waals surface area contributed by atoms with Crippen molar-refractivity contribution in [1.29, 1.82) is 0 Å². The molecule has 152 valence electrons. The van der Waals surface area contributed by atoms with E-state index in [9.17, 15) is 9.59 Å². The Hall–Kier alpha value is -2.35. The van der Waals surface area contributed by atoms with Gasteiger partial charge in [0.15, 0.2) is 5.92 Å². The Morgan fingerprint density at radius 3 is 2.24 bits per heavy atom. The molecule has 0 spiro atoms. The summed E-state index contributed by atoms with van der Waals surface area (Å²) in [6, 6.07) is 16.5. The smallest absolute Gasteiger partial charge is 0.247 e. The highest BCUT2D eigenvalue weighted by atomic mass is 35.5. The maximum absolute atomic E-state index is 13.2. The minimum absolute atomic E-state index is 0.0643. The normalized spacial score (nSPS) is 11.4. The number of nitrogens with two attached hydrogens (primary N) is 1. The number of carbonyl (C=O) groups is 2. The molecule has 0 saturated carbocycles. The van der Waals surface area contributed by atoms with Crippen LogP contribution in [0.15, 0.2) is 54.6 Å². The molecular formula is C21H22ClN3O2S2. The first-order valence-electron chi connectivity index (χ1n) is 9.03. The summed E-state index contributed by atoms with van der Waals surface area (Å²) >= 11 is 16.6. The summed E-state index contributed by atoms with van der Waals surface area (Å²) in [6.45, 7) is 2.43. The van der Waals surface area contributed by atoms with Crippen molar-refractivity contribution in [2.24, 2.45) is 11.7 Å². The molecule has 1 unspecified atom stereocenters. The zero-order valence-electron chi connectivity index (χ0n) is 15.9. The number of amides is 2. The van der Waals surface area contributed by atoms with Crippen LogP contribution in [-0.2, 0) is 22.7 Å². The number of thiocarbonyl (C=S) groups is 2. The molecule has 8 heteroatoms. The Labute approximate surface area is 186 Å². The van der Waals surface area contributed by atoms with Crippen molar-refractivity contribution in [2.45, 2.75) is 26.4 Å². The topological polar surface area (TPSA) is 75.4 Å². The minimum atomic E-state index is -1.30. The molecule has 3 N–H and O–H groups in total. The molecule has 0 bridgehead atoms. The molecule has 0 aliphatic rings. The zero-order valence-corrected chi connectivity index (χ0v) is 18.3. The highest BCUT2D eigenvalue weighted by Gasteiger charge is 2.34. The van der Waals surface area contributed by atoms with Crippen molar-refractivity contribution in [2.75, 3.05) is 0 Å². The van der Waals surface area contributed by atoms with Crippen molar-refractivity contribution in [3.63, 3.8) is 0 Å². The van der Waals surface area contributed by atoms with E-state index in [2.05, 4.69) is 5.32 Å². The van der Waals surface area contributed by atoms with Gasteiger partial charge in [0.25, 0.3) is 0 Å². The van der Waals surface area contributed by atoms with Gasteiger partial charge < -0.3 is 16.0 Å². The fourth-order valence-electron chi connectivity index (χ4n) is 2.66. The maximum Gasteiger partial charge on any atom is 0.247 e. The second-order valence-electron chi connectivity index (χ2n) is 6.34. The Morgan fingerprint density at radius 1 is 1.07 bits per heavy atom. The van der Waals surface area contributed by atoms with Crippen LogP contribution in [0.25, 0.3) is 0 Å². The molecule has 2 aromatic rings. The van der Waals surface area contributed by atoms with E-state index >= 15 is 0 Å². The van der Waals surface area contributed by atoms with Gasteiger partial charge in [-0.1, -0.05) is 85.4 Å². The van der Waals surface area contributed by atoms with E-state index in [-0.39, 0.29) is 11.5 Å². The predicted octanol–water partition coefficient (Wildman–Crippen LogP) is 3.62. The number of carbonyl (C=O) groups excluding carboxylic acids is 2. The largest absolute Gasteiger partial charge is 0.374 e. The van der Waals surface area contributed by atoms with Gasteiger partial charge >= 0.3 is 0 Å². The molecule has 2 amide bonds. The van der Waals surface area contributed by atoms with E-state index in [4.69, 9.17) is 41.8 Å². The minimum Gasteiger partial charge on any atom is -0.374 e. The molecule has 0 saturated heterocycles. The van der Waals surface area contributed by atoms with Gasteiger partial charge in [0.1, 0.15) is 0 Å². The van der Waals surface area contributed by atoms with Crippen LogP contribution >= 0.6 is 36.0 Å². The molecule has 0 aromatic heterocycles. The van der Waals surface area contributed by atoms with Crippen molar-refractivity contribution >= 4 is 57.8 Å². The third-order valence-electron chi connectivity index (χ3n) is 4.23. The predicted molar refractivity (Wildman–Crippen MR) is 123 cm³/mol. The van der Waals surface area contributed by atoms with E-state index in [0.29, 0.717) is 23.0 Å². The highest BCUT2D eigenvalue weighted by molar-refractivity contribution is 7.80. The Morgan fingerprint density at radius 2 is 1.69 bits per heavy atom. The Balaban J connectivity index is 2.17. The zero-order chi connectivity index (χ0) is 21.4. The fraction of sp³-hybridized carbons (Fsp3) is 0.238. The van der Waals surface area contributed by atoms with E-state index in [0.717, 1.165) is 11.1 Å². The second-order valence-corrected chi connectivity index (χ2v) is 7.68.